The summed E-state index contributed by atoms with van der Waals surface area (Å²) in [7, 11) is 0. The predicted molar refractivity (Wildman–Crippen MR) is 186 cm³/mol. The smallest absolute Gasteiger partial charge is 0.108 e. The molecule has 4 rings (SSSR count). The van der Waals surface area contributed by atoms with Crippen molar-refractivity contribution >= 4 is 53.5 Å². The summed E-state index contributed by atoms with van der Waals surface area (Å²) in [5.41, 5.74) is 5.36. The summed E-state index contributed by atoms with van der Waals surface area (Å²) in [6.07, 6.45) is 2.43. The molecule has 4 heteroatoms. The minimum absolute atomic E-state index is 0.195. The third-order valence-corrected chi connectivity index (χ3v) is 15.6. The molecule has 0 aromatic heterocycles. The number of esters is 1. The van der Waals surface area contributed by atoms with Gasteiger partial charge in [-0.3, -0.25) is 0 Å². The van der Waals surface area contributed by atoms with Gasteiger partial charge in [0.2, 0.25) is 0 Å². The second-order valence-corrected chi connectivity index (χ2v) is 17.9. The molecule has 220 valence electrons. The molecule has 0 saturated heterocycles. The molecule has 2 nitrogen and oxygen atoms in total. The van der Waals surface area contributed by atoms with E-state index in [0.29, 0.717) is 6.61 Å². The molecule has 0 fully saturated rings. The van der Waals surface area contributed by atoms with E-state index < -0.39 is 25.7 Å². The number of rotatable bonds is 12. The summed E-state index contributed by atoms with van der Waals surface area (Å²) in [5.74, 6) is 1.39. The normalized spacial score (nSPS) is 11.5. The zero-order valence-electron chi connectivity index (χ0n) is 26.0. The summed E-state index contributed by atoms with van der Waals surface area (Å²) in [5, 5.41) is 0. The fourth-order valence-electron chi connectivity index (χ4n) is 5.74. The van der Waals surface area contributed by atoms with Crippen molar-refractivity contribution in [2.45, 2.75) is 48.0 Å². The summed E-state index contributed by atoms with van der Waals surface area (Å²) >= 11 is -1.04. The Balaban J connectivity index is 0.000000252. The van der Waals surface area contributed by atoms with Crippen LogP contribution in [0.25, 0.3) is 0 Å². The molecule has 4 aromatic carbocycles. The van der Waals surface area contributed by atoms with Gasteiger partial charge in [0, 0.05) is 0 Å². The van der Waals surface area contributed by atoms with E-state index in [1.165, 1.54) is 30.8 Å². The molecular weight excluding hydrogens is 627 g/mol. The molecule has 0 saturated carbocycles. The van der Waals surface area contributed by atoms with E-state index in [-0.39, 0.29) is 5.97 Å². The summed E-state index contributed by atoms with van der Waals surface area (Å²) in [6.45, 7) is 11.5. The molecule has 0 aliphatic rings. The van der Waals surface area contributed by atoms with Crippen LogP contribution in [0.4, 0.5) is 0 Å². The Kier molecular flexibility index (Phi) is 14.2. The summed E-state index contributed by atoms with van der Waals surface area (Å²) in [6, 6.07) is 43.5. The Morgan fingerprint density at radius 1 is 0.643 bits per heavy atom. The van der Waals surface area contributed by atoms with Crippen LogP contribution in [-0.4, -0.2) is 38.3 Å². The van der Waals surface area contributed by atoms with Crippen molar-refractivity contribution in [2.24, 2.45) is 11.8 Å². The minimum Gasteiger partial charge on any atom is -0.195 e. The van der Waals surface area contributed by atoms with Crippen LogP contribution in [0.2, 0.25) is 13.4 Å². The average Bonchev–Trinajstić information content (AvgIpc) is 3.00. The van der Waals surface area contributed by atoms with Crippen molar-refractivity contribution in [1.82, 2.24) is 0 Å². The second-order valence-electron chi connectivity index (χ2n) is 11.6. The number of hydrogen-bond donors (Lipinski definition) is 0. The summed E-state index contributed by atoms with van der Waals surface area (Å²) in [4.78, 5) is 11.2. The Morgan fingerprint density at radius 2 is 0.976 bits per heavy atom. The fraction of sp³-hybridized carbons (Fsp3) is 0.289. The van der Waals surface area contributed by atoms with Crippen LogP contribution in [0.5, 0.6) is 0 Å². The SMILES string of the molecule is CCOC(=O)/C=C/C[Te+](CC(C)C)CC(C)C.c1ccc([B-](c2ccccc2)(c2ccccc2)c2ccccc2)cc1. The zero-order valence-corrected chi connectivity index (χ0v) is 28.3. The van der Waals surface area contributed by atoms with Crippen molar-refractivity contribution in [2.75, 3.05) is 6.61 Å². The maximum atomic E-state index is 11.2. The average molecular weight is 674 g/mol. The monoisotopic (exact) mass is 676 g/mol. The maximum absolute atomic E-state index is 11.2. The van der Waals surface area contributed by atoms with E-state index in [0.717, 1.165) is 16.3 Å². The standard InChI is InChI=1S/C24H20B.C14H27O2Te/c1-5-13-21(14-6-1)25(22-15-7-2-8-16-22,23-17-9-3-10-18-23)24-19-11-4-12-20-24;1-6-16-14(15)8-7-9-17(10-12(2)3)11-13(4)5/h1-20H;7-8,12-13H,6,9-11H2,1-5H3/q-1;+1/b;8-7+. The van der Waals surface area contributed by atoms with Gasteiger partial charge in [-0.05, 0) is 0 Å². The van der Waals surface area contributed by atoms with Crippen molar-refractivity contribution in [3.8, 4) is 0 Å². The molecule has 0 N–H and O–H groups in total. The number of carbonyl (C=O) groups is 1. The molecule has 42 heavy (non-hydrogen) atoms. The van der Waals surface area contributed by atoms with Crippen LogP contribution in [-0.2, 0) is 9.53 Å². The first kappa shape index (κ1) is 33.4. The first-order valence-corrected chi connectivity index (χ1v) is 20.2. The van der Waals surface area contributed by atoms with Crippen molar-refractivity contribution in [3.05, 3.63) is 133 Å². The van der Waals surface area contributed by atoms with Crippen molar-refractivity contribution in [3.63, 3.8) is 0 Å². The molecular formula is C38H47BO2Te. The van der Waals surface area contributed by atoms with Gasteiger partial charge in [-0.15, -0.1) is 0 Å². The van der Waals surface area contributed by atoms with E-state index in [4.69, 9.17) is 4.74 Å². The molecule has 4 aromatic rings. The van der Waals surface area contributed by atoms with Crippen molar-refractivity contribution in [1.29, 1.82) is 0 Å². The fourth-order valence-corrected chi connectivity index (χ4v) is 13.3. The number of benzene rings is 4. The molecule has 0 amide bonds. The van der Waals surface area contributed by atoms with Gasteiger partial charge < -0.3 is 0 Å². The largest absolute Gasteiger partial charge is 0.195 e. The van der Waals surface area contributed by atoms with E-state index in [9.17, 15) is 4.79 Å². The predicted octanol–water partition coefficient (Wildman–Crippen LogP) is 6.98. The quantitative estimate of drug-likeness (QED) is 0.0922. The molecule has 0 aliphatic heterocycles. The molecule has 0 unspecified atom stereocenters. The van der Waals surface area contributed by atoms with Crippen LogP contribution >= 0.6 is 0 Å². The molecule has 0 atom stereocenters. The number of hydrogen-bond acceptors (Lipinski definition) is 2. The molecule has 0 bridgehead atoms. The van der Waals surface area contributed by atoms with Gasteiger partial charge >= 0.3 is 114 Å². The van der Waals surface area contributed by atoms with Gasteiger partial charge in [0.15, 0.2) is 0 Å². The van der Waals surface area contributed by atoms with Crippen LogP contribution in [0.15, 0.2) is 133 Å². The van der Waals surface area contributed by atoms with Gasteiger partial charge in [-0.2, -0.15) is 21.9 Å². The molecule has 0 heterocycles. The Bertz CT molecular complexity index is 1150. The number of carbonyl (C=O) groups excluding carboxylic acids is 1. The topological polar surface area (TPSA) is 26.3 Å². The molecule has 0 spiro atoms. The van der Waals surface area contributed by atoms with Crippen LogP contribution in [0.1, 0.15) is 34.6 Å². The van der Waals surface area contributed by atoms with Gasteiger partial charge in [0.25, 0.3) is 0 Å². The van der Waals surface area contributed by atoms with Gasteiger partial charge in [-0.25, -0.2) is 0 Å². The van der Waals surface area contributed by atoms with Gasteiger partial charge in [0.1, 0.15) is 6.15 Å². The maximum Gasteiger partial charge on any atom is 0.108 e. The number of allylic oxidation sites excluding steroid dienone is 1. The third-order valence-electron chi connectivity index (χ3n) is 7.21. The van der Waals surface area contributed by atoms with E-state index in [1.807, 2.05) is 13.0 Å². The van der Waals surface area contributed by atoms with Crippen molar-refractivity contribution < 1.29 is 9.53 Å². The van der Waals surface area contributed by atoms with Gasteiger partial charge in [0.05, 0.1) is 0 Å². The zero-order chi connectivity index (χ0) is 30.2. The third kappa shape index (κ3) is 9.76. The molecule has 0 aliphatic carbocycles. The Morgan fingerprint density at radius 3 is 1.26 bits per heavy atom. The van der Waals surface area contributed by atoms with E-state index in [2.05, 4.69) is 149 Å². The van der Waals surface area contributed by atoms with E-state index in [1.54, 1.807) is 6.08 Å². The summed E-state index contributed by atoms with van der Waals surface area (Å²) < 4.78 is 8.83. The van der Waals surface area contributed by atoms with Crippen LogP contribution in [0.3, 0.4) is 0 Å². The van der Waals surface area contributed by atoms with Crippen LogP contribution < -0.4 is 21.9 Å². The van der Waals surface area contributed by atoms with Crippen LogP contribution in [0, 0.1) is 11.8 Å². The van der Waals surface area contributed by atoms with Gasteiger partial charge in [-0.1, -0.05) is 121 Å². The Hall–Kier alpha value is -3.06. The minimum atomic E-state index is -1.22. The number of ether oxygens (including phenoxy) is 1. The second kappa shape index (κ2) is 17.8. The first-order chi connectivity index (χ1) is 20.4. The molecule has 0 radical (unpaired) electrons. The Labute approximate surface area is 261 Å². The van der Waals surface area contributed by atoms with E-state index >= 15 is 0 Å². The first-order valence-electron chi connectivity index (χ1n) is 15.2.